The Morgan fingerprint density at radius 3 is 1.13 bits per heavy atom. The molecule has 0 heterocycles. The molecule has 0 N–H and O–H groups in total. The van der Waals surface area contributed by atoms with E-state index in [0.29, 0.717) is 58.2 Å². The number of methoxy groups -OCH3 is 4. The summed E-state index contributed by atoms with van der Waals surface area (Å²) in [5.41, 5.74) is 0.840. The van der Waals surface area contributed by atoms with Crippen LogP contribution in [-0.2, 0) is 0 Å². The van der Waals surface area contributed by atoms with Gasteiger partial charge in [0.2, 0.25) is 11.5 Å². The first-order valence-electron chi connectivity index (χ1n) is 8.94. The van der Waals surface area contributed by atoms with Gasteiger partial charge in [0.25, 0.3) is 0 Å². The van der Waals surface area contributed by atoms with E-state index in [-0.39, 0.29) is 13.2 Å². The minimum absolute atomic E-state index is 0.217. The molecule has 0 bridgehead atoms. The van der Waals surface area contributed by atoms with Crippen LogP contribution in [0.4, 0.5) is 0 Å². The van der Waals surface area contributed by atoms with Gasteiger partial charge in [-0.25, -0.2) is 0 Å². The second kappa shape index (κ2) is 11.4. The van der Waals surface area contributed by atoms with Crippen molar-refractivity contribution in [1.29, 1.82) is 0 Å². The van der Waals surface area contributed by atoms with E-state index < -0.39 is 0 Å². The first kappa shape index (κ1) is 22.6. The van der Waals surface area contributed by atoms with Crippen LogP contribution in [0.2, 0.25) is 0 Å². The van der Waals surface area contributed by atoms with Gasteiger partial charge in [-0.15, -0.1) is 0 Å². The number of rotatable bonds is 12. The third kappa shape index (κ3) is 5.44. The fourth-order valence-corrected chi connectivity index (χ4v) is 2.62. The van der Waals surface area contributed by atoms with E-state index in [1.807, 2.05) is 0 Å². The predicted molar refractivity (Wildman–Crippen MR) is 110 cm³/mol. The summed E-state index contributed by atoms with van der Waals surface area (Å²) in [6.07, 6.45) is 4.92. The molecule has 2 aromatic rings. The van der Waals surface area contributed by atoms with Crippen molar-refractivity contribution in [2.24, 2.45) is 0 Å². The highest BCUT2D eigenvalue weighted by Crippen LogP contribution is 2.39. The fraction of sp³-hybridized carbons (Fsp3) is 0.273. The van der Waals surface area contributed by atoms with Gasteiger partial charge in [0.05, 0.1) is 28.4 Å². The van der Waals surface area contributed by atoms with Crippen LogP contribution < -0.4 is 28.4 Å². The Balaban J connectivity index is 2.02. The number of hydrogen-bond acceptors (Lipinski definition) is 8. The van der Waals surface area contributed by atoms with E-state index in [2.05, 4.69) is 0 Å². The highest BCUT2D eigenvalue weighted by molar-refractivity contribution is 5.79. The Kier molecular flexibility index (Phi) is 8.56. The number of benzene rings is 2. The van der Waals surface area contributed by atoms with Gasteiger partial charge in [-0.2, -0.15) is 0 Å². The van der Waals surface area contributed by atoms with Gasteiger partial charge in [0.15, 0.2) is 23.0 Å². The highest BCUT2D eigenvalue weighted by atomic mass is 16.5. The van der Waals surface area contributed by atoms with Crippen molar-refractivity contribution in [2.75, 3.05) is 41.7 Å². The van der Waals surface area contributed by atoms with Crippen molar-refractivity contribution in [1.82, 2.24) is 0 Å². The van der Waals surface area contributed by atoms with E-state index in [4.69, 9.17) is 28.4 Å². The van der Waals surface area contributed by atoms with Crippen molar-refractivity contribution in [3.63, 3.8) is 0 Å². The van der Waals surface area contributed by atoms with Crippen LogP contribution in [0, 0.1) is 0 Å². The van der Waals surface area contributed by atoms with Gasteiger partial charge >= 0.3 is 0 Å². The van der Waals surface area contributed by atoms with Crippen molar-refractivity contribution >= 4 is 12.6 Å². The quantitative estimate of drug-likeness (QED) is 0.384. The van der Waals surface area contributed by atoms with Gasteiger partial charge in [0, 0.05) is 11.1 Å². The molecule has 160 valence electrons. The first-order valence-corrected chi connectivity index (χ1v) is 8.94. The summed E-state index contributed by atoms with van der Waals surface area (Å²) >= 11 is 0. The summed E-state index contributed by atoms with van der Waals surface area (Å²) in [5, 5.41) is 0. The number of carbonyl (C=O) groups is 2. The summed E-state index contributed by atoms with van der Waals surface area (Å²) in [7, 11) is 5.93. The van der Waals surface area contributed by atoms with E-state index in [0.717, 1.165) is 0 Å². The molecule has 0 aliphatic heterocycles. The molecule has 8 nitrogen and oxygen atoms in total. The highest BCUT2D eigenvalue weighted by Gasteiger charge is 2.15. The molecule has 0 atom stereocenters. The Bertz CT molecular complexity index is 780. The SMILES string of the molecule is COc1cc(C=O)cc(OC)c1OC/C=C/COc1c(OC)cc(C=O)cc1OC. The van der Waals surface area contributed by atoms with Gasteiger partial charge in [-0.3, -0.25) is 9.59 Å². The normalized spacial score (nSPS) is 10.4. The molecule has 0 saturated heterocycles. The Morgan fingerprint density at radius 1 is 0.600 bits per heavy atom. The largest absolute Gasteiger partial charge is 0.493 e. The van der Waals surface area contributed by atoms with Crippen LogP contribution in [0.3, 0.4) is 0 Å². The van der Waals surface area contributed by atoms with E-state index in [9.17, 15) is 9.59 Å². The molecular weight excluding hydrogens is 392 g/mol. The molecule has 0 fully saturated rings. The van der Waals surface area contributed by atoms with E-state index in [1.54, 1.807) is 36.4 Å². The zero-order chi connectivity index (χ0) is 21.9. The fourth-order valence-electron chi connectivity index (χ4n) is 2.62. The molecule has 8 heteroatoms. The third-order valence-electron chi connectivity index (χ3n) is 4.05. The summed E-state index contributed by atoms with van der Waals surface area (Å²) in [4.78, 5) is 22.0. The summed E-state index contributed by atoms with van der Waals surface area (Å²) < 4.78 is 32.5. The molecule has 0 aromatic heterocycles. The van der Waals surface area contributed by atoms with Gasteiger partial charge in [0.1, 0.15) is 25.8 Å². The lowest BCUT2D eigenvalue weighted by atomic mass is 10.2. The smallest absolute Gasteiger partial charge is 0.203 e. The third-order valence-corrected chi connectivity index (χ3v) is 4.05. The molecule has 0 amide bonds. The second-order valence-electron chi connectivity index (χ2n) is 5.84. The molecular formula is C22H24O8. The molecule has 2 aromatic carbocycles. The Hall–Kier alpha value is -3.68. The minimum Gasteiger partial charge on any atom is -0.493 e. The van der Waals surface area contributed by atoms with E-state index >= 15 is 0 Å². The van der Waals surface area contributed by atoms with E-state index in [1.165, 1.54) is 28.4 Å². The predicted octanol–water partition coefficient (Wildman–Crippen LogP) is 3.36. The zero-order valence-corrected chi connectivity index (χ0v) is 17.3. The van der Waals surface area contributed by atoms with Crippen LogP contribution >= 0.6 is 0 Å². The molecule has 0 unspecified atom stereocenters. The molecule has 0 aliphatic rings. The lowest BCUT2D eigenvalue weighted by molar-refractivity contribution is 0.111. The van der Waals surface area contributed by atoms with Gasteiger partial charge < -0.3 is 28.4 Å². The first-order chi connectivity index (χ1) is 14.6. The Labute approximate surface area is 174 Å². The average Bonchev–Trinajstić information content (AvgIpc) is 2.80. The average molecular weight is 416 g/mol. The molecule has 30 heavy (non-hydrogen) atoms. The maximum atomic E-state index is 11.0. The van der Waals surface area contributed by atoms with Crippen molar-refractivity contribution in [3.05, 3.63) is 47.5 Å². The topological polar surface area (TPSA) is 89.5 Å². The summed E-state index contributed by atoms with van der Waals surface area (Å²) in [5.74, 6) is 2.36. The lowest BCUT2D eigenvalue weighted by Gasteiger charge is -2.14. The van der Waals surface area contributed by atoms with Crippen LogP contribution in [0.15, 0.2) is 36.4 Å². The molecule has 2 rings (SSSR count). The monoisotopic (exact) mass is 416 g/mol. The minimum atomic E-state index is 0.217. The summed E-state index contributed by atoms with van der Waals surface area (Å²) in [6.45, 7) is 0.434. The molecule has 0 radical (unpaired) electrons. The number of aldehydes is 2. The van der Waals surface area contributed by atoms with Crippen molar-refractivity contribution in [2.45, 2.75) is 0 Å². The van der Waals surface area contributed by atoms with Crippen LogP contribution in [0.1, 0.15) is 20.7 Å². The maximum absolute atomic E-state index is 11.0. The van der Waals surface area contributed by atoms with Crippen LogP contribution in [0.5, 0.6) is 34.5 Å². The van der Waals surface area contributed by atoms with Crippen LogP contribution in [-0.4, -0.2) is 54.2 Å². The van der Waals surface area contributed by atoms with Crippen molar-refractivity contribution < 1.29 is 38.0 Å². The van der Waals surface area contributed by atoms with Gasteiger partial charge in [-0.1, -0.05) is 0 Å². The van der Waals surface area contributed by atoms with Gasteiger partial charge in [-0.05, 0) is 36.4 Å². The number of ether oxygens (including phenoxy) is 6. The molecule has 0 saturated carbocycles. The molecule has 0 spiro atoms. The number of carbonyl (C=O) groups excluding carboxylic acids is 2. The summed E-state index contributed by atoms with van der Waals surface area (Å²) in [6, 6.07) is 6.27. The lowest BCUT2D eigenvalue weighted by Crippen LogP contribution is -2.02. The molecule has 0 aliphatic carbocycles. The maximum Gasteiger partial charge on any atom is 0.203 e. The number of hydrogen-bond donors (Lipinski definition) is 0. The standard InChI is InChI=1S/C22H24O8/c1-25-17-9-15(13-23)10-18(26-2)21(17)29-7-5-6-8-30-22-19(27-3)11-16(14-24)12-20(22)28-4/h5-6,9-14H,7-8H2,1-4H3/b6-5+. The second-order valence-corrected chi connectivity index (χ2v) is 5.84. The van der Waals surface area contributed by atoms with Crippen LogP contribution in [0.25, 0.3) is 0 Å². The zero-order valence-electron chi connectivity index (χ0n) is 17.3. The Morgan fingerprint density at radius 2 is 0.900 bits per heavy atom. The van der Waals surface area contributed by atoms with Crippen molar-refractivity contribution in [3.8, 4) is 34.5 Å².